The average Bonchev–Trinajstić information content (AvgIpc) is 2.79. The van der Waals surface area contributed by atoms with Crippen molar-refractivity contribution in [1.29, 1.82) is 0 Å². The number of primary amides is 1. The fraction of sp³-hybridized carbons (Fsp3) is 0.552. The number of carbonyl (C=O) groups excluding carboxylic acids is 3. The molecule has 14 heteroatoms. The third-order valence-corrected chi connectivity index (χ3v) is 8.19. The van der Waals surface area contributed by atoms with Crippen LogP contribution in [-0.4, -0.2) is 89.2 Å². The number of nitrogens with zero attached hydrogens (tertiary/aromatic N) is 2. The van der Waals surface area contributed by atoms with E-state index in [2.05, 4.69) is 26.1 Å². The Bertz CT molecular complexity index is 1370. The highest BCUT2D eigenvalue weighted by atomic mass is 35.5. The van der Waals surface area contributed by atoms with Gasteiger partial charge < -0.3 is 36.4 Å². The van der Waals surface area contributed by atoms with E-state index in [9.17, 15) is 34.8 Å². The lowest BCUT2D eigenvalue weighted by Gasteiger charge is -2.50. The Kier molecular flexibility index (Phi) is 11.8. The van der Waals surface area contributed by atoms with Gasteiger partial charge in [-0.2, -0.15) is 0 Å². The SMILES string of the molecule is CN(C)c1c(CNCC(C)(C)C)cc(O)c2c1C[C@H]1C[C@H]3[C@H](N(C)C)C(=O)C(C(N)=O)=C(O)[C@@]3(O)C(=O)C1=C2O.Cl.Cl.Cl. The highest BCUT2D eigenvalue weighted by Gasteiger charge is 2.64. The molecule has 1 amide bonds. The monoisotopic (exact) mass is 664 g/mol. The van der Waals surface area contributed by atoms with Crippen molar-refractivity contribution in [3.8, 4) is 5.75 Å². The number of phenols is 1. The van der Waals surface area contributed by atoms with Gasteiger partial charge in [0.2, 0.25) is 5.78 Å². The molecule has 0 aliphatic heterocycles. The van der Waals surface area contributed by atoms with E-state index >= 15 is 0 Å². The Balaban J connectivity index is 0.00000308. The van der Waals surface area contributed by atoms with Crippen LogP contribution >= 0.6 is 37.2 Å². The van der Waals surface area contributed by atoms with Gasteiger partial charge in [-0.25, -0.2) is 0 Å². The molecule has 4 atom stereocenters. The molecule has 43 heavy (non-hydrogen) atoms. The summed E-state index contributed by atoms with van der Waals surface area (Å²) < 4.78 is 0. The number of amides is 1. The van der Waals surface area contributed by atoms with Gasteiger partial charge >= 0.3 is 0 Å². The van der Waals surface area contributed by atoms with Crippen LogP contribution in [0.2, 0.25) is 0 Å². The summed E-state index contributed by atoms with van der Waals surface area (Å²) in [5.41, 5.74) is 4.10. The number of nitrogens with one attached hydrogen (secondary N) is 1. The van der Waals surface area contributed by atoms with Crippen LogP contribution in [0.4, 0.5) is 5.69 Å². The van der Waals surface area contributed by atoms with E-state index in [1.165, 1.54) is 4.90 Å². The number of anilines is 1. The van der Waals surface area contributed by atoms with Crippen molar-refractivity contribution in [2.24, 2.45) is 23.0 Å². The van der Waals surface area contributed by atoms with Crippen molar-refractivity contribution in [3.63, 3.8) is 0 Å². The highest BCUT2D eigenvalue weighted by Crippen LogP contribution is 2.54. The second kappa shape index (κ2) is 13.2. The number of carbonyl (C=O) groups is 3. The first-order valence-corrected chi connectivity index (χ1v) is 13.3. The molecule has 1 aromatic carbocycles. The minimum Gasteiger partial charge on any atom is -0.508 e. The number of hydrogen-bond acceptors (Lipinski definition) is 10. The molecule has 1 fully saturated rings. The topological polar surface area (TPSA) is 177 Å². The summed E-state index contributed by atoms with van der Waals surface area (Å²) in [6.45, 7) is 7.52. The maximum absolute atomic E-state index is 14.0. The maximum atomic E-state index is 14.0. The molecule has 0 unspecified atom stereocenters. The van der Waals surface area contributed by atoms with Crippen molar-refractivity contribution >= 4 is 66.1 Å². The number of phenolic OH excluding ortho intramolecular Hbond substituents is 1. The summed E-state index contributed by atoms with van der Waals surface area (Å²) in [5.74, 6) is -6.60. The van der Waals surface area contributed by atoms with E-state index in [0.29, 0.717) is 12.1 Å². The second-order valence-corrected chi connectivity index (χ2v) is 12.8. The van der Waals surface area contributed by atoms with Gasteiger partial charge in [-0.15, -0.1) is 37.2 Å². The molecular weight excluding hydrogens is 623 g/mol. The average molecular weight is 666 g/mol. The molecule has 1 aromatic rings. The number of rotatable bonds is 6. The summed E-state index contributed by atoms with van der Waals surface area (Å²) in [7, 11) is 6.87. The first-order valence-electron chi connectivity index (χ1n) is 13.3. The predicted octanol–water partition coefficient (Wildman–Crippen LogP) is 2.43. The van der Waals surface area contributed by atoms with Crippen LogP contribution in [0.1, 0.15) is 43.9 Å². The zero-order valence-corrected chi connectivity index (χ0v) is 27.8. The van der Waals surface area contributed by atoms with E-state index < -0.39 is 58.0 Å². The Morgan fingerprint density at radius 3 is 2.16 bits per heavy atom. The number of ketones is 2. The highest BCUT2D eigenvalue weighted by molar-refractivity contribution is 6.24. The number of aromatic hydroxyl groups is 1. The van der Waals surface area contributed by atoms with Crippen LogP contribution in [0, 0.1) is 17.3 Å². The predicted molar refractivity (Wildman–Crippen MR) is 171 cm³/mol. The van der Waals surface area contributed by atoms with Crippen LogP contribution in [0.3, 0.4) is 0 Å². The van der Waals surface area contributed by atoms with Crippen molar-refractivity contribution in [2.45, 2.75) is 51.8 Å². The molecule has 242 valence electrons. The first kappa shape index (κ1) is 38.5. The van der Waals surface area contributed by atoms with Gasteiger partial charge in [0.05, 0.1) is 11.6 Å². The lowest BCUT2D eigenvalue weighted by Crippen LogP contribution is -2.65. The molecule has 1 saturated carbocycles. The van der Waals surface area contributed by atoms with Crippen LogP contribution in [0.5, 0.6) is 5.75 Å². The third-order valence-electron chi connectivity index (χ3n) is 8.19. The zero-order valence-electron chi connectivity index (χ0n) is 25.3. The summed E-state index contributed by atoms with van der Waals surface area (Å²) in [5, 5.41) is 48.7. The van der Waals surface area contributed by atoms with Crippen molar-refractivity contribution in [2.75, 3.05) is 39.6 Å². The van der Waals surface area contributed by atoms with E-state index in [-0.39, 0.29) is 72.4 Å². The molecule has 0 bridgehead atoms. The quantitative estimate of drug-likeness (QED) is 0.248. The lowest BCUT2D eigenvalue weighted by atomic mass is 9.57. The van der Waals surface area contributed by atoms with Crippen molar-refractivity contribution in [1.82, 2.24) is 10.2 Å². The number of benzene rings is 1. The molecular formula is C29H43Cl3N4O7. The Labute approximate surface area is 270 Å². The number of halogens is 3. The summed E-state index contributed by atoms with van der Waals surface area (Å²) in [4.78, 5) is 42.7. The molecule has 11 nitrogen and oxygen atoms in total. The lowest BCUT2D eigenvalue weighted by molar-refractivity contribution is -0.153. The number of hydrogen-bond donors (Lipinski definition) is 6. The van der Waals surface area contributed by atoms with Gasteiger partial charge in [0, 0.05) is 44.4 Å². The Morgan fingerprint density at radius 2 is 1.67 bits per heavy atom. The molecule has 3 aliphatic rings. The van der Waals surface area contributed by atoms with Gasteiger partial charge in [-0.05, 0) is 55.5 Å². The minimum absolute atomic E-state index is 0. The summed E-state index contributed by atoms with van der Waals surface area (Å²) in [6.07, 6.45) is 0.286. The van der Waals surface area contributed by atoms with Crippen LogP contribution in [-0.2, 0) is 27.3 Å². The third kappa shape index (κ3) is 6.21. The number of aliphatic hydroxyl groups is 3. The molecule has 0 radical (unpaired) electrons. The van der Waals surface area contributed by atoms with Gasteiger partial charge in [0.25, 0.3) is 5.91 Å². The van der Waals surface area contributed by atoms with E-state index in [4.69, 9.17) is 5.73 Å². The minimum atomic E-state index is -2.65. The molecule has 0 saturated heterocycles. The normalized spacial score (nSPS) is 24.7. The van der Waals surface area contributed by atoms with Crippen LogP contribution in [0.25, 0.3) is 5.76 Å². The molecule has 0 heterocycles. The molecule has 0 spiro atoms. The Hall–Kier alpha value is -2.54. The summed E-state index contributed by atoms with van der Waals surface area (Å²) >= 11 is 0. The standard InChI is InChI=1S/C29H40N4O7.3ClH/c1-28(2,3)12-31-11-14-10-17(34)19-15(21(14)32(4)5)8-13-9-16-22(33(6)7)24(36)20(27(30)39)26(38)29(16,40)25(37)18(13)23(19)35;;;/h10,13,16,22,31,34-35,38,40H,8-9,11-12H2,1-7H3,(H2,30,39);3*1H/t13-,16-,22-,29-;;;/m0.../s1. The fourth-order valence-corrected chi connectivity index (χ4v) is 6.63. The van der Waals surface area contributed by atoms with Crippen molar-refractivity contribution < 1.29 is 34.8 Å². The fourth-order valence-electron chi connectivity index (χ4n) is 6.63. The van der Waals surface area contributed by atoms with Crippen LogP contribution < -0.4 is 16.0 Å². The van der Waals surface area contributed by atoms with E-state index in [1.807, 2.05) is 19.0 Å². The largest absolute Gasteiger partial charge is 0.508 e. The Morgan fingerprint density at radius 1 is 1.09 bits per heavy atom. The molecule has 4 rings (SSSR count). The van der Waals surface area contributed by atoms with Gasteiger partial charge in [0.1, 0.15) is 22.8 Å². The molecule has 7 N–H and O–H groups in total. The van der Waals surface area contributed by atoms with E-state index in [0.717, 1.165) is 17.8 Å². The number of Topliss-reactive ketones (excluding diaryl/α,β-unsaturated/α-hetero) is 2. The number of likely N-dealkylation sites (N-methyl/N-ethyl adjacent to an activating group) is 1. The van der Waals surface area contributed by atoms with Gasteiger partial charge in [0.15, 0.2) is 11.4 Å². The van der Waals surface area contributed by atoms with Crippen molar-refractivity contribution in [3.05, 3.63) is 39.7 Å². The van der Waals surface area contributed by atoms with Gasteiger partial charge in [-0.1, -0.05) is 20.8 Å². The number of fused-ring (bicyclic) bond motifs is 3. The summed E-state index contributed by atoms with van der Waals surface area (Å²) in [6, 6.07) is 0.433. The number of nitrogens with two attached hydrogens (primary N) is 1. The smallest absolute Gasteiger partial charge is 0.255 e. The van der Waals surface area contributed by atoms with Crippen LogP contribution in [0.15, 0.2) is 23.0 Å². The zero-order chi connectivity index (χ0) is 30.1. The maximum Gasteiger partial charge on any atom is 0.255 e. The van der Waals surface area contributed by atoms with E-state index in [1.54, 1.807) is 20.2 Å². The molecule has 0 aromatic heterocycles. The van der Waals surface area contributed by atoms with Gasteiger partial charge in [-0.3, -0.25) is 19.3 Å². The molecule has 3 aliphatic carbocycles. The number of aliphatic hydroxyl groups excluding tert-OH is 2. The second-order valence-electron chi connectivity index (χ2n) is 12.8. The first-order chi connectivity index (χ1) is 18.4.